The lowest BCUT2D eigenvalue weighted by Gasteiger charge is -2.44. The molecule has 0 unspecified atom stereocenters. The maximum absolute atomic E-state index is 14.1. The number of ether oxygens (including phenoxy) is 3. The van der Waals surface area contributed by atoms with Gasteiger partial charge in [0.2, 0.25) is 5.60 Å². The van der Waals surface area contributed by atoms with Gasteiger partial charge in [-0.05, 0) is 44.2 Å². The average molecular weight is 607 g/mol. The maximum Gasteiger partial charge on any atom is 0.427 e. The Bertz CT molecular complexity index is 1440. The predicted molar refractivity (Wildman–Crippen MR) is 139 cm³/mol. The number of benzene rings is 2. The zero-order valence-corrected chi connectivity index (χ0v) is 23.8. The molecule has 1 heterocycles. The highest BCUT2D eigenvalue weighted by atomic mass is 32.2. The predicted octanol–water partition coefficient (Wildman–Crippen LogP) is 5.43. The molecule has 0 aliphatic carbocycles. The first-order valence-corrected chi connectivity index (χ1v) is 13.6. The molecule has 15 heteroatoms. The highest BCUT2D eigenvalue weighted by Gasteiger charge is 2.51. The zero-order valence-electron chi connectivity index (χ0n) is 23.0. The van der Waals surface area contributed by atoms with Crippen LogP contribution in [-0.4, -0.2) is 57.1 Å². The van der Waals surface area contributed by atoms with Crippen LogP contribution in [0.25, 0.3) is 0 Å². The topological polar surface area (TPSA) is 131 Å². The Balaban J connectivity index is 2.09. The molecule has 2 atom stereocenters. The Hall–Kier alpha value is -3.75. The normalized spacial score (nSPS) is 16.7. The summed E-state index contributed by atoms with van der Waals surface area (Å²) in [6, 6.07) is 6.57. The van der Waals surface area contributed by atoms with Crippen LogP contribution in [-0.2, 0) is 19.6 Å². The molecule has 0 fully saturated rings. The van der Waals surface area contributed by atoms with Crippen LogP contribution in [0.3, 0.4) is 0 Å². The van der Waals surface area contributed by atoms with Crippen molar-refractivity contribution in [1.29, 1.82) is 0 Å². The quantitative estimate of drug-likeness (QED) is 0.381. The number of anilines is 2. The third-order valence-corrected chi connectivity index (χ3v) is 8.91. The molecule has 2 N–H and O–H groups in total. The lowest BCUT2D eigenvalue weighted by molar-refractivity contribution is -0.242. The van der Waals surface area contributed by atoms with Crippen molar-refractivity contribution in [2.75, 3.05) is 23.3 Å². The highest BCUT2D eigenvalue weighted by Crippen LogP contribution is 2.45. The van der Waals surface area contributed by atoms with Gasteiger partial charge in [0, 0.05) is 17.2 Å². The molecule has 0 bridgehead atoms. The number of rotatable bonds is 8. The van der Waals surface area contributed by atoms with Crippen molar-refractivity contribution in [2.45, 2.75) is 57.4 Å². The van der Waals surface area contributed by atoms with Gasteiger partial charge in [-0.2, -0.15) is 13.2 Å². The van der Waals surface area contributed by atoms with E-state index in [0.29, 0.717) is 13.8 Å². The van der Waals surface area contributed by atoms with Crippen molar-refractivity contribution in [3.63, 3.8) is 0 Å². The molecule has 2 aromatic rings. The Labute approximate surface area is 234 Å². The average Bonchev–Trinajstić information content (AvgIpc) is 2.86. The van der Waals surface area contributed by atoms with Crippen LogP contribution in [0.1, 0.15) is 34.6 Å². The molecule has 2 aromatic carbocycles. The summed E-state index contributed by atoms with van der Waals surface area (Å²) in [5.41, 5.74) is -4.16. The van der Waals surface area contributed by atoms with Gasteiger partial charge in [-0.15, -0.1) is 0 Å². The van der Waals surface area contributed by atoms with Crippen LogP contribution in [0.2, 0.25) is 0 Å². The fourth-order valence-corrected chi connectivity index (χ4v) is 5.39. The first kappa shape index (κ1) is 31.8. The summed E-state index contributed by atoms with van der Waals surface area (Å²) in [7, 11) is -3.34. The molecule has 41 heavy (non-hydrogen) atoms. The maximum atomic E-state index is 14.1. The summed E-state index contributed by atoms with van der Waals surface area (Å²) in [4.78, 5) is 23.7. The van der Waals surface area contributed by atoms with Gasteiger partial charge in [-0.1, -0.05) is 20.8 Å². The third kappa shape index (κ3) is 6.29. The Morgan fingerprint density at radius 3 is 2.32 bits per heavy atom. The molecule has 0 saturated carbocycles. The third-order valence-electron chi connectivity index (χ3n) is 7.13. The number of carbonyl (C=O) groups is 2. The van der Waals surface area contributed by atoms with E-state index >= 15 is 0 Å². The first-order valence-electron chi connectivity index (χ1n) is 12.2. The van der Waals surface area contributed by atoms with Gasteiger partial charge in [-0.3, -0.25) is 14.4 Å². The molecule has 0 spiro atoms. The van der Waals surface area contributed by atoms with Crippen molar-refractivity contribution >= 4 is 33.5 Å². The van der Waals surface area contributed by atoms with E-state index in [-0.39, 0.29) is 27.8 Å². The summed E-state index contributed by atoms with van der Waals surface area (Å²) < 4.78 is 97.6. The van der Waals surface area contributed by atoms with Crippen LogP contribution in [0.4, 0.5) is 33.7 Å². The molecule has 0 saturated heterocycles. The lowest BCUT2D eigenvalue weighted by Crippen LogP contribution is -2.52. The number of carboxylic acid groups (broad SMARTS) is 1. The number of carbonyl (C=O) groups excluding carboxylic acids is 1. The SMILES string of the molecule is COc1cc(S(=O)(=O)N2C[C@H](C(C)(C)[C@H](C)C(=O)O)Oc3ccc(NC(=O)OC(C)(C)C(F)(F)F)cc32)ccc1F. The number of methoxy groups -OCH3 is 1. The fourth-order valence-electron chi connectivity index (χ4n) is 3.90. The van der Waals surface area contributed by atoms with Crippen LogP contribution >= 0.6 is 0 Å². The van der Waals surface area contributed by atoms with E-state index < -0.39 is 63.7 Å². The number of sulfonamides is 1. The van der Waals surface area contributed by atoms with Crippen LogP contribution in [0, 0.1) is 17.2 Å². The zero-order chi connectivity index (χ0) is 31.1. The van der Waals surface area contributed by atoms with Crippen molar-refractivity contribution in [1.82, 2.24) is 0 Å². The molecule has 0 radical (unpaired) electrons. The number of alkyl halides is 3. The Morgan fingerprint density at radius 1 is 1.12 bits per heavy atom. The minimum atomic E-state index is -4.86. The van der Waals surface area contributed by atoms with Crippen molar-refractivity contribution in [2.24, 2.45) is 11.3 Å². The molecule has 3 rings (SSSR count). The molecule has 10 nitrogen and oxygen atoms in total. The van der Waals surface area contributed by atoms with E-state index in [2.05, 4.69) is 10.1 Å². The molecule has 1 amide bonds. The van der Waals surface area contributed by atoms with Gasteiger partial charge in [0.25, 0.3) is 10.0 Å². The number of fused-ring (bicyclic) bond motifs is 1. The van der Waals surface area contributed by atoms with Gasteiger partial charge in [-0.25, -0.2) is 17.6 Å². The largest absolute Gasteiger partial charge is 0.494 e. The second-order valence-electron chi connectivity index (χ2n) is 10.5. The van der Waals surface area contributed by atoms with E-state index in [1.807, 2.05) is 0 Å². The minimum Gasteiger partial charge on any atom is -0.494 e. The molecule has 1 aliphatic heterocycles. The summed E-state index contributed by atoms with van der Waals surface area (Å²) in [5.74, 6) is -3.28. The summed E-state index contributed by atoms with van der Waals surface area (Å²) >= 11 is 0. The van der Waals surface area contributed by atoms with Crippen molar-refractivity contribution in [3.05, 3.63) is 42.2 Å². The monoisotopic (exact) mass is 606 g/mol. The summed E-state index contributed by atoms with van der Waals surface area (Å²) in [6.45, 7) is 5.58. The van der Waals surface area contributed by atoms with E-state index in [9.17, 15) is 40.7 Å². The molecule has 1 aliphatic rings. The van der Waals surface area contributed by atoms with Gasteiger partial charge in [0.1, 0.15) is 11.9 Å². The number of aliphatic carboxylic acids is 1. The van der Waals surface area contributed by atoms with E-state index in [4.69, 9.17) is 9.47 Å². The highest BCUT2D eigenvalue weighted by molar-refractivity contribution is 7.92. The van der Waals surface area contributed by atoms with E-state index in [1.54, 1.807) is 13.8 Å². The standard InChI is InChI=1S/C26H30F4N2O8S/c1-14(22(33)34)24(2,3)21-13-32(41(36,37)16-8-9-17(27)20(12-16)38-6)18-11-15(7-10-19(18)39-21)31-23(35)40-25(4,5)26(28,29)30/h7-12,14,21H,13H2,1-6H3,(H,31,35)(H,33,34)/t14-,21-/m1/s1. The van der Waals surface area contributed by atoms with E-state index in [1.165, 1.54) is 19.1 Å². The van der Waals surface area contributed by atoms with Crippen LogP contribution < -0.4 is 19.1 Å². The number of nitrogens with one attached hydrogen (secondary N) is 1. The smallest absolute Gasteiger partial charge is 0.427 e. The lowest BCUT2D eigenvalue weighted by atomic mass is 9.74. The number of amides is 1. The molecule has 0 aromatic heterocycles. The Morgan fingerprint density at radius 2 is 1.76 bits per heavy atom. The van der Waals surface area contributed by atoms with Crippen molar-refractivity contribution < 1.29 is 54.9 Å². The number of nitrogens with zero attached hydrogens (tertiary/aromatic N) is 1. The first-order chi connectivity index (χ1) is 18.7. The number of carboxylic acids is 1. The number of hydrogen-bond donors (Lipinski definition) is 2. The second-order valence-corrected chi connectivity index (χ2v) is 12.4. The van der Waals surface area contributed by atoms with Crippen LogP contribution in [0.5, 0.6) is 11.5 Å². The van der Waals surface area contributed by atoms with Crippen molar-refractivity contribution in [3.8, 4) is 11.5 Å². The van der Waals surface area contributed by atoms with Gasteiger partial charge in [0.05, 0.1) is 30.2 Å². The Kier molecular flexibility index (Phi) is 8.46. The fraction of sp³-hybridized carbons (Fsp3) is 0.462. The molecular formula is C26H30F4N2O8S. The van der Waals surface area contributed by atoms with Gasteiger partial charge in [0.15, 0.2) is 11.6 Å². The summed E-state index contributed by atoms with van der Waals surface area (Å²) in [6.07, 6.45) is -7.30. The van der Waals surface area contributed by atoms with Gasteiger partial charge < -0.3 is 19.3 Å². The van der Waals surface area contributed by atoms with Gasteiger partial charge >= 0.3 is 18.2 Å². The second kappa shape index (κ2) is 10.9. The number of hydrogen-bond acceptors (Lipinski definition) is 7. The van der Waals surface area contributed by atoms with Crippen LogP contribution in [0.15, 0.2) is 41.3 Å². The van der Waals surface area contributed by atoms with E-state index in [0.717, 1.165) is 35.7 Å². The number of halogens is 4. The minimum absolute atomic E-state index is 0.0147. The summed E-state index contributed by atoms with van der Waals surface area (Å²) in [5, 5.41) is 11.8. The molecular weight excluding hydrogens is 576 g/mol. The molecule has 226 valence electrons.